The van der Waals surface area contributed by atoms with Crippen molar-refractivity contribution >= 4 is 39.4 Å². The molecule has 0 aliphatic carbocycles. The standard InChI is InChI=1S/C15H14Cl2N2O3S/c1-10-3-6-14(22-2)15(7-10)23(20,21)19-18-9-11-4-5-12(16)8-13(11)17/h3-9,19H,1-2H3/b18-9+. The first-order chi connectivity index (χ1) is 10.8. The third-order valence-electron chi connectivity index (χ3n) is 2.95. The molecule has 2 aromatic carbocycles. The minimum Gasteiger partial charge on any atom is -0.495 e. The number of hydrogen-bond donors (Lipinski definition) is 1. The first-order valence-electron chi connectivity index (χ1n) is 6.48. The highest BCUT2D eigenvalue weighted by Gasteiger charge is 2.18. The number of rotatable bonds is 5. The molecule has 0 atom stereocenters. The fraction of sp³-hybridized carbons (Fsp3) is 0.133. The van der Waals surface area contributed by atoms with Crippen molar-refractivity contribution in [2.45, 2.75) is 11.8 Å². The van der Waals surface area contributed by atoms with Crippen molar-refractivity contribution in [3.8, 4) is 5.75 Å². The van der Waals surface area contributed by atoms with Crippen molar-refractivity contribution in [3.05, 3.63) is 57.6 Å². The van der Waals surface area contributed by atoms with E-state index in [1.54, 1.807) is 37.3 Å². The van der Waals surface area contributed by atoms with Crippen LogP contribution in [-0.2, 0) is 10.0 Å². The van der Waals surface area contributed by atoms with Gasteiger partial charge in [0.1, 0.15) is 10.6 Å². The fourth-order valence-corrected chi connectivity index (χ4v) is 3.32. The van der Waals surface area contributed by atoms with Gasteiger partial charge in [-0.3, -0.25) is 0 Å². The second-order valence-corrected chi connectivity index (χ2v) is 7.15. The van der Waals surface area contributed by atoms with Crippen molar-refractivity contribution in [2.24, 2.45) is 5.10 Å². The van der Waals surface area contributed by atoms with Gasteiger partial charge in [-0.25, -0.2) is 0 Å². The third-order valence-corrected chi connectivity index (χ3v) is 4.75. The van der Waals surface area contributed by atoms with Crippen molar-refractivity contribution in [1.82, 2.24) is 4.83 Å². The van der Waals surface area contributed by atoms with Gasteiger partial charge in [-0.1, -0.05) is 35.3 Å². The lowest BCUT2D eigenvalue weighted by atomic mass is 10.2. The SMILES string of the molecule is COc1ccc(C)cc1S(=O)(=O)N/N=C/c1ccc(Cl)cc1Cl. The lowest BCUT2D eigenvalue weighted by molar-refractivity contribution is 0.402. The summed E-state index contributed by atoms with van der Waals surface area (Å²) in [4.78, 5) is 2.15. The highest BCUT2D eigenvalue weighted by molar-refractivity contribution is 7.89. The van der Waals surface area contributed by atoms with Crippen LogP contribution in [0.1, 0.15) is 11.1 Å². The molecule has 0 radical (unpaired) electrons. The third kappa shape index (κ3) is 4.37. The lowest BCUT2D eigenvalue weighted by Crippen LogP contribution is -2.19. The first-order valence-corrected chi connectivity index (χ1v) is 8.72. The van der Waals surface area contributed by atoms with Gasteiger partial charge in [0, 0.05) is 10.6 Å². The Morgan fingerprint density at radius 1 is 1.17 bits per heavy atom. The van der Waals surface area contributed by atoms with E-state index in [1.165, 1.54) is 19.4 Å². The molecule has 0 heterocycles. The topological polar surface area (TPSA) is 67.8 Å². The Balaban J connectivity index is 2.25. The fourth-order valence-electron chi connectivity index (χ4n) is 1.81. The lowest BCUT2D eigenvalue weighted by Gasteiger charge is -2.09. The molecule has 0 unspecified atom stereocenters. The van der Waals surface area contributed by atoms with E-state index in [0.29, 0.717) is 15.6 Å². The van der Waals surface area contributed by atoms with Crippen LogP contribution in [0, 0.1) is 6.92 Å². The molecule has 0 aliphatic heterocycles. The Morgan fingerprint density at radius 3 is 2.57 bits per heavy atom. The van der Waals surface area contributed by atoms with Crippen molar-refractivity contribution in [3.63, 3.8) is 0 Å². The number of nitrogens with zero attached hydrogens (tertiary/aromatic N) is 1. The van der Waals surface area contributed by atoms with E-state index < -0.39 is 10.0 Å². The molecule has 2 rings (SSSR count). The molecule has 0 aliphatic rings. The van der Waals surface area contributed by atoms with Gasteiger partial charge >= 0.3 is 0 Å². The van der Waals surface area contributed by atoms with Crippen LogP contribution in [0.3, 0.4) is 0 Å². The Kier molecular flexibility index (Phi) is 5.51. The highest BCUT2D eigenvalue weighted by Crippen LogP contribution is 2.24. The predicted octanol–water partition coefficient (Wildman–Crippen LogP) is 3.62. The Morgan fingerprint density at radius 2 is 1.91 bits per heavy atom. The molecule has 0 saturated carbocycles. The number of nitrogens with one attached hydrogen (secondary N) is 1. The van der Waals surface area contributed by atoms with E-state index >= 15 is 0 Å². The maximum absolute atomic E-state index is 12.3. The summed E-state index contributed by atoms with van der Waals surface area (Å²) in [6.45, 7) is 1.79. The molecule has 0 saturated heterocycles. The second kappa shape index (κ2) is 7.21. The Bertz CT molecular complexity index is 852. The number of halogens is 2. The molecule has 23 heavy (non-hydrogen) atoms. The molecule has 0 spiro atoms. The summed E-state index contributed by atoms with van der Waals surface area (Å²) in [7, 11) is -2.46. The summed E-state index contributed by atoms with van der Waals surface area (Å²) in [6.07, 6.45) is 1.30. The largest absolute Gasteiger partial charge is 0.495 e. The zero-order valence-corrected chi connectivity index (χ0v) is 14.7. The van der Waals surface area contributed by atoms with Crippen LogP contribution >= 0.6 is 23.2 Å². The van der Waals surface area contributed by atoms with Gasteiger partial charge < -0.3 is 4.74 Å². The molecule has 122 valence electrons. The Hall–Kier alpha value is -1.76. The molecule has 1 N–H and O–H groups in total. The highest BCUT2D eigenvalue weighted by atomic mass is 35.5. The first kappa shape index (κ1) is 17.6. The molecule has 0 aromatic heterocycles. The molecular weight excluding hydrogens is 359 g/mol. The van der Waals surface area contributed by atoms with Gasteiger partial charge in [-0.05, 0) is 36.8 Å². The maximum atomic E-state index is 12.3. The van der Waals surface area contributed by atoms with Gasteiger partial charge in [0.15, 0.2) is 0 Å². The van der Waals surface area contributed by atoms with E-state index in [0.717, 1.165) is 5.56 Å². The zero-order chi connectivity index (χ0) is 17.0. The van der Waals surface area contributed by atoms with Crippen LogP contribution in [0.15, 0.2) is 46.4 Å². The van der Waals surface area contributed by atoms with E-state index in [4.69, 9.17) is 27.9 Å². The second-order valence-electron chi connectivity index (χ2n) is 4.67. The molecule has 0 bridgehead atoms. The van der Waals surface area contributed by atoms with E-state index in [-0.39, 0.29) is 10.6 Å². The maximum Gasteiger partial charge on any atom is 0.280 e. The number of methoxy groups -OCH3 is 1. The molecule has 5 nitrogen and oxygen atoms in total. The molecule has 0 amide bonds. The number of hydrogen-bond acceptors (Lipinski definition) is 4. The molecule has 8 heteroatoms. The normalized spacial score (nSPS) is 11.7. The van der Waals surface area contributed by atoms with Crippen LogP contribution in [-0.4, -0.2) is 21.7 Å². The van der Waals surface area contributed by atoms with Crippen molar-refractivity contribution in [1.29, 1.82) is 0 Å². The van der Waals surface area contributed by atoms with E-state index in [1.807, 2.05) is 0 Å². The van der Waals surface area contributed by atoms with E-state index in [9.17, 15) is 8.42 Å². The van der Waals surface area contributed by atoms with Gasteiger partial charge in [0.25, 0.3) is 10.0 Å². The van der Waals surface area contributed by atoms with Crippen LogP contribution < -0.4 is 9.57 Å². The smallest absolute Gasteiger partial charge is 0.280 e. The molecular formula is C15H14Cl2N2O3S. The summed E-state index contributed by atoms with van der Waals surface area (Å²) < 4.78 is 29.7. The van der Waals surface area contributed by atoms with Crippen LogP contribution in [0.4, 0.5) is 0 Å². The van der Waals surface area contributed by atoms with Gasteiger partial charge in [0.2, 0.25) is 0 Å². The van der Waals surface area contributed by atoms with Gasteiger partial charge in [-0.2, -0.15) is 18.4 Å². The van der Waals surface area contributed by atoms with Crippen LogP contribution in [0.5, 0.6) is 5.75 Å². The summed E-state index contributed by atoms with van der Waals surface area (Å²) in [5, 5.41) is 4.59. The summed E-state index contributed by atoms with van der Waals surface area (Å²) in [5.41, 5.74) is 1.32. The summed E-state index contributed by atoms with van der Waals surface area (Å²) in [5.74, 6) is 0.239. The monoisotopic (exact) mass is 372 g/mol. The van der Waals surface area contributed by atoms with Crippen LogP contribution in [0.25, 0.3) is 0 Å². The van der Waals surface area contributed by atoms with Gasteiger partial charge in [-0.15, -0.1) is 0 Å². The molecule has 2 aromatic rings. The van der Waals surface area contributed by atoms with E-state index in [2.05, 4.69) is 9.93 Å². The van der Waals surface area contributed by atoms with Crippen molar-refractivity contribution in [2.75, 3.05) is 7.11 Å². The number of benzene rings is 2. The summed E-state index contributed by atoms with van der Waals surface area (Å²) >= 11 is 11.8. The van der Waals surface area contributed by atoms with Gasteiger partial charge in [0.05, 0.1) is 18.3 Å². The van der Waals surface area contributed by atoms with Crippen molar-refractivity contribution < 1.29 is 13.2 Å². The minimum atomic E-state index is -3.86. The number of aryl methyl sites for hydroxylation is 1. The quantitative estimate of drug-likeness (QED) is 0.643. The number of hydrazone groups is 1. The number of sulfonamides is 1. The average molecular weight is 373 g/mol. The molecule has 0 fully saturated rings. The zero-order valence-electron chi connectivity index (χ0n) is 12.4. The summed E-state index contributed by atoms with van der Waals surface area (Å²) in [6, 6.07) is 9.66. The Labute approximate surface area is 144 Å². The average Bonchev–Trinajstić information content (AvgIpc) is 2.49. The van der Waals surface area contributed by atoms with Crippen LogP contribution in [0.2, 0.25) is 10.0 Å². The predicted molar refractivity (Wildman–Crippen MR) is 92.1 cm³/mol. The number of ether oxygens (including phenoxy) is 1. The minimum absolute atomic E-state index is 0.0133.